The van der Waals surface area contributed by atoms with Crippen molar-refractivity contribution >= 4 is 17.6 Å². The quantitative estimate of drug-likeness (QED) is 0.866. The Labute approximate surface area is 171 Å². The SMILES string of the molecule is CC1CCN(c2cc(C3CCN(C(=O)n4ccnc4)CC3)ccc2C(N)=O)CC1. The molecule has 0 aliphatic carbocycles. The van der Waals surface area contributed by atoms with Crippen LogP contribution in [0.5, 0.6) is 0 Å². The molecule has 0 atom stereocenters. The van der Waals surface area contributed by atoms with Crippen LogP contribution in [0.4, 0.5) is 10.5 Å². The van der Waals surface area contributed by atoms with Crippen LogP contribution < -0.4 is 10.6 Å². The molecule has 2 amide bonds. The Bertz CT molecular complexity index is 863. The number of piperidine rings is 2. The number of benzene rings is 1. The fourth-order valence-electron chi connectivity index (χ4n) is 4.46. The first-order valence-corrected chi connectivity index (χ1v) is 10.5. The predicted molar refractivity (Wildman–Crippen MR) is 112 cm³/mol. The molecule has 2 saturated heterocycles. The summed E-state index contributed by atoms with van der Waals surface area (Å²) in [6, 6.07) is 6.06. The maximum absolute atomic E-state index is 12.5. The number of nitrogens with zero attached hydrogens (tertiary/aromatic N) is 4. The number of primary amides is 1. The van der Waals surface area contributed by atoms with E-state index in [1.54, 1.807) is 18.7 Å². The van der Waals surface area contributed by atoms with Crippen molar-refractivity contribution in [3.63, 3.8) is 0 Å². The first-order valence-electron chi connectivity index (χ1n) is 10.5. The van der Waals surface area contributed by atoms with Gasteiger partial charge in [0.15, 0.2) is 0 Å². The maximum Gasteiger partial charge on any atom is 0.329 e. The fourth-order valence-corrected chi connectivity index (χ4v) is 4.46. The summed E-state index contributed by atoms with van der Waals surface area (Å²) in [5.41, 5.74) is 8.47. The highest BCUT2D eigenvalue weighted by atomic mass is 16.2. The monoisotopic (exact) mass is 395 g/mol. The lowest BCUT2D eigenvalue weighted by molar-refractivity contribution is 0.100. The topological polar surface area (TPSA) is 84.5 Å². The van der Waals surface area contributed by atoms with Crippen LogP contribution >= 0.6 is 0 Å². The summed E-state index contributed by atoms with van der Waals surface area (Å²) in [5.74, 6) is 0.737. The minimum absolute atomic E-state index is 0.0202. The highest BCUT2D eigenvalue weighted by Gasteiger charge is 2.26. The van der Waals surface area contributed by atoms with Gasteiger partial charge in [-0.15, -0.1) is 0 Å². The van der Waals surface area contributed by atoms with Gasteiger partial charge in [0.1, 0.15) is 6.33 Å². The van der Waals surface area contributed by atoms with Crippen molar-refractivity contribution < 1.29 is 9.59 Å². The average molecular weight is 396 g/mol. The molecule has 4 rings (SSSR count). The molecule has 154 valence electrons. The van der Waals surface area contributed by atoms with Gasteiger partial charge in [0.2, 0.25) is 0 Å². The first kappa shape index (κ1) is 19.5. The Morgan fingerprint density at radius 2 is 1.79 bits per heavy atom. The van der Waals surface area contributed by atoms with Crippen LogP contribution in [-0.4, -0.2) is 52.6 Å². The van der Waals surface area contributed by atoms with E-state index in [0.717, 1.165) is 63.5 Å². The zero-order valence-electron chi connectivity index (χ0n) is 17.0. The summed E-state index contributed by atoms with van der Waals surface area (Å²) in [6.45, 7) is 5.64. The Hall–Kier alpha value is -2.83. The van der Waals surface area contributed by atoms with Gasteiger partial charge in [-0.05, 0) is 55.2 Å². The molecule has 0 bridgehead atoms. The van der Waals surface area contributed by atoms with E-state index in [9.17, 15) is 9.59 Å². The number of imidazole rings is 1. The molecule has 2 aromatic rings. The average Bonchev–Trinajstić information content (AvgIpc) is 3.28. The summed E-state index contributed by atoms with van der Waals surface area (Å²) in [5, 5.41) is 0. The molecule has 1 aromatic carbocycles. The zero-order chi connectivity index (χ0) is 20.4. The van der Waals surface area contributed by atoms with Crippen LogP contribution in [0, 0.1) is 5.92 Å². The number of hydrogen-bond acceptors (Lipinski definition) is 4. The highest BCUT2D eigenvalue weighted by Crippen LogP contribution is 2.34. The third-order valence-corrected chi connectivity index (χ3v) is 6.37. The number of aromatic nitrogens is 2. The van der Waals surface area contributed by atoms with Gasteiger partial charge in [-0.1, -0.05) is 13.0 Å². The summed E-state index contributed by atoms with van der Waals surface area (Å²) >= 11 is 0. The third-order valence-electron chi connectivity index (χ3n) is 6.37. The fraction of sp³-hybridized carbons (Fsp3) is 0.500. The molecule has 2 fully saturated rings. The summed E-state index contributed by atoms with van der Waals surface area (Å²) in [6.07, 6.45) is 8.94. The Morgan fingerprint density at radius 3 is 2.41 bits per heavy atom. The van der Waals surface area contributed by atoms with Gasteiger partial charge in [0, 0.05) is 44.3 Å². The standard InChI is InChI=1S/C22H29N5O2/c1-16-4-9-25(10-5-16)20-14-18(2-3-19(20)21(23)28)17-6-11-26(12-7-17)22(29)27-13-8-24-15-27/h2-3,8,13-17H,4-7,9-12H2,1H3,(H2,23,28). The van der Waals surface area contributed by atoms with E-state index >= 15 is 0 Å². The summed E-state index contributed by atoms with van der Waals surface area (Å²) in [7, 11) is 0. The molecule has 29 heavy (non-hydrogen) atoms. The number of rotatable bonds is 3. The second kappa shape index (κ2) is 8.27. The van der Waals surface area contributed by atoms with Gasteiger partial charge < -0.3 is 15.5 Å². The molecule has 1 aromatic heterocycles. The third kappa shape index (κ3) is 4.13. The zero-order valence-corrected chi connectivity index (χ0v) is 17.0. The van der Waals surface area contributed by atoms with E-state index in [1.807, 2.05) is 17.0 Å². The van der Waals surface area contributed by atoms with Crippen molar-refractivity contribution in [3.05, 3.63) is 48.0 Å². The molecule has 0 unspecified atom stereocenters. The van der Waals surface area contributed by atoms with Crippen molar-refractivity contribution in [1.29, 1.82) is 0 Å². The van der Waals surface area contributed by atoms with Crippen LogP contribution in [0.15, 0.2) is 36.9 Å². The van der Waals surface area contributed by atoms with Crippen molar-refractivity contribution in [1.82, 2.24) is 14.5 Å². The molecular weight excluding hydrogens is 366 g/mol. The van der Waals surface area contributed by atoms with E-state index < -0.39 is 0 Å². The number of anilines is 1. The van der Waals surface area contributed by atoms with Crippen LogP contribution in [0.1, 0.15) is 54.4 Å². The number of likely N-dealkylation sites (tertiary alicyclic amines) is 1. The molecular formula is C22H29N5O2. The van der Waals surface area contributed by atoms with Gasteiger partial charge in [-0.3, -0.25) is 9.36 Å². The van der Waals surface area contributed by atoms with E-state index in [1.165, 1.54) is 10.1 Å². The lowest BCUT2D eigenvalue weighted by atomic mass is 9.88. The second-order valence-corrected chi connectivity index (χ2v) is 8.32. The smallest absolute Gasteiger partial charge is 0.329 e. The Morgan fingerprint density at radius 1 is 1.07 bits per heavy atom. The molecule has 2 aliphatic heterocycles. The number of amides is 2. The Kier molecular flexibility index (Phi) is 5.56. The number of carbonyl (C=O) groups is 2. The van der Waals surface area contributed by atoms with Crippen molar-refractivity contribution in [3.8, 4) is 0 Å². The van der Waals surface area contributed by atoms with Crippen LogP contribution in [0.25, 0.3) is 0 Å². The molecule has 0 radical (unpaired) electrons. The van der Waals surface area contributed by atoms with Gasteiger partial charge in [0.25, 0.3) is 5.91 Å². The number of nitrogens with two attached hydrogens (primary N) is 1. The maximum atomic E-state index is 12.5. The predicted octanol–water partition coefficient (Wildman–Crippen LogP) is 3.07. The molecule has 0 spiro atoms. The molecule has 7 nitrogen and oxygen atoms in total. The number of hydrogen-bond donors (Lipinski definition) is 1. The van der Waals surface area contributed by atoms with Crippen molar-refractivity contribution in [2.75, 3.05) is 31.1 Å². The lowest BCUT2D eigenvalue weighted by Gasteiger charge is -2.35. The molecule has 7 heteroatoms. The van der Waals surface area contributed by atoms with Crippen LogP contribution in [0.3, 0.4) is 0 Å². The van der Waals surface area contributed by atoms with Crippen LogP contribution in [0.2, 0.25) is 0 Å². The minimum atomic E-state index is -0.370. The molecule has 2 N–H and O–H groups in total. The van der Waals surface area contributed by atoms with Gasteiger partial charge in [-0.25, -0.2) is 9.78 Å². The molecule has 2 aliphatic rings. The minimum Gasteiger partial charge on any atom is -0.371 e. The van der Waals surface area contributed by atoms with Gasteiger partial charge >= 0.3 is 6.03 Å². The van der Waals surface area contributed by atoms with Crippen molar-refractivity contribution in [2.24, 2.45) is 11.7 Å². The normalized spacial score (nSPS) is 18.8. The Balaban J connectivity index is 1.48. The summed E-state index contributed by atoms with van der Waals surface area (Å²) in [4.78, 5) is 32.6. The van der Waals surface area contributed by atoms with E-state index in [4.69, 9.17) is 5.73 Å². The number of carbonyl (C=O) groups excluding carboxylic acids is 2. The van der Waals surface area contributed by atoms with Gasteiger partial charge in [-0.2, -0.15) is 0 Å². The van der Waals surface area contributed by atoms with E-state index in [0.29, 0.717) is 11.5 Å². The molecule has 3 heterocycles. The molecule has 0 saturated carbocycles. The largest absolute Gasteiger partial charge is 0.371 e. The van der Waals surface area contributed by atoms with Gasteiger partial charge in [0.05, 0.1) is 5.56 Å². The van der Waals surface area contributed by atoms with E-state index in [-0.39, 0.29) is 11.9 Å². The second-order valence-electron chi connectivity index (χ2n) is 8.32. The first-order chi connectivity index (χ1) is 14.0. The van der Waals surface area contributed by atoms with Crippen LogP contribution in [-0.2, 0) is 0 Å². The highest BCUT2D eigenvalue weighted by molar-refractivity contribution is 5.98. The summed E-state index contributed by atoms with van der Waals surface area (Å²) < 4.78 is 1.53. The lowest BCUT2D eigenvalue weighted by Crippen LogP contribution is -2.40. The van der Waals surface area contributed by atoms with Crippen molar-refractivity contribution in [2.45, 2.75) is 38.5 Å². The van der Waals surface area contributed by atoms with E-state index in [2.05, 4.69) is 22.9 Å².